The minimum Gasteiger partial charge on any atom is -0.503 e. The van der Waals surface area contributed by atoms with Crippen LogP contribution in [0.3, 0.4) is 0 Å². The quantitative estimate of drug-likeness (QED) is 0.0625. The summed E-state index contributed by atoms with van der Waals surface area (Å²) in [7, 11) is 0. The Morgan fingerprint density at radius 3 is 1.24 bits per heavy atom. The number of anilines is 6. The predicted molar refractivity (Wildman–Crippen MR) is 453 cm³/mol. The van der Waals surface area contributed by atoms with Crippen LogP contribution in [-0.2, 0) is 35.0 Å². The number of fused-ring (bicyclic) bond motifs is 4. The van der Waals surface area contributed by atoms with Gasteiger partial charge in [-0.25, -0.2) is 69.0 Å². The highest BCUT2D eigenvalue weighted by molar-refractivity contribution is 9.10. The van der Waals surface area contributed by atoms with Crippen molar-refractivity contribution in [3.63, 3.8) is 0 Å². The molecule has 2 saturated carbocycles. The van der Waals surface area contributed by atoms with Gasteiger partial charge in [-0.05, 0) is 217 Å². The molecular formula is C78H111BrCl3N19O18. The van der Waals surface area contributed by atoms with E-state index >= 15 is 0 Å². The van der Waals surface area contributed by atoms with E-state index in [-0.39, 0.29) is 106 Å². The Labute approximate surface area is 716 Å². The molecule has 10 heterocycles. The smallest absolute Gasteiger partial charge is 0.425 e. The number of carbonyl (C=O) groups excluding carboxylic acids is 6. The van der Waals surface area contributed by atoms with Crippen molar-refractivity contribution < 1.29 is 76.9 Å². The topological polar surface area (TPSA) is 484 Å². The number of halogens is 4. The van der Waals surface area contributed by atoms with Crippen molar-refractivity contribution in [2.24, 2.45) is 0 Å². The largest absolute Gasteiger partial charge is 0.503 e. The molecular weight excluding hydrogens is 1680 g/mol. The van der Waals surface area contributed by atoms with E-state index in [2.05, 4.69) is 81.7 Å². The molecule has 0 radical (unpaired) electrons. The van der Waals surface area contributed by atoms with Crippen LogP contribution in [-0.4, -0.2) is 159 Å². The van der Waals surface area contributed by atoms with Crippen molar-refractivity contribution in [2.75, 3.05) is 39.8 Å². The SMILES string of the molecule is C.C1CCOC1.CC(C)(C)OC(=O)N(C(=O)OC(C)(C)C)c1ncncc1O.CC(C)Oc1cncnc1N.CC(C)Oc1cncnc1N(C(=O)OC(C)(C)C)C(=O)OC(C)(C)C.CC(C)Oc1cncnc1Nc1cc(Cl)c2n(c1=O)C1(CCCCC1)NC2=O.Cl.Nc1ncncc1O.O=C1NC2(CCCCC2)n2c1c(Cl)cc(Br)c2=O. The van der Waals surface area contributed by atoms with Crippen LogP contribution in [0.5, 0.6) is 28.7 Å². The van der Waals surface area contributed by atoms with E-state index < -0.39 is 63.9 Å². The number of ether oxygens (including phenoxy) is 8. The maximum Gasteiger partial charge on any atom is 0.425 e. The second-order valence-electron chi connectivity index (χ2n) is 31.6. The van der Waals surface area contributed by atoms with Crippen LogP contribution in [0, 0.1) is 0 Å². The van der Waals surface area contributed by atoms with E-state index in [0.717, 1.165) is 82.0 Å². The number of rotatable bonds is 10. The first-order chi connectivity index (χ1) is 54.7. The summed E-state index contributed by atoms with van der Waals surface area (Å²) in [5.74, 6) is 0.600. The highest BCUT2D eigenvalue weighted by atomic mass is 79.9. The first kappa shape index (κ1) is 101. The first-order valence-corrected chi connectivity index (χ1v) is 39.2. The molecule has 7 aromatic heterocycles. The van der Waals surface area contributed by atoms with E-state index in [1.165, 1.54) is 73.4 Å². The molecule has 0 unspecified atom stereocenters. The van der Waals surface area contributed by atoms with E-state index in [1.807, 2.05) is 41.5 Å². The van der Waals surface area contributed by atoms with E-state index in [1.54, 1.807) is 93.8 Å². The molecule has 9 N–H and O–H groups in total. The lowest BCUT2D eigenvalue weighted by atomic mass is 9.89. The second kappa shape index (κ2) is 44.5. The molecule has 0 atom stereocenters. The van der Waals surface area contributed by atoms with Crippen molar-refractivity contribution in [1.29, 1.82) is 0 Å². The number of pyridine rings is 2. The lowest BCUT2D eigenvalue weighted by molar-refractivity contribution is 0.0405. The molecule has 654 valence electrons. The number of nitrogens with two attached hydrogens (primary N) is 2. The number of aromatic hydroxyl groups is 2. The molecule has 12 rings (SSSR count). The molecule has 37 nitrogen and oxygen atoms in total. The van der Waals surface area contributed by atoms with Crippen LogP contribution in [0.1, 0.15) is 230 Å². The molecule has 3 fully saturated rings. The third kappa shape index (κ3) is 30.0. The molecule has 0 bridgehead atoms. The van der Waals surface area contributed by atoms with Crippen LogP contribution in [0.2, 0.25) is 10.0 Å². The number of nitrogens with zero attached hydrogens (tertiary/aromatic N) is 14. The Morgan fingerprint density at radius 2 is 0.857 bits per heavy atom. The van der Waals surface area contributed by atoms with Gasteiger partial charge in [-0.1, -0.05) is 43.5 Å². The minimum absolute atomic E-state index is 0. The Balaban J connectivity index is 0.000000305. The monoisotopic (exact) mass is 1790 g/mol. The summed E-state index contributed by atoms with van der Waals surface area (Å²) in [6.07, 6.45) is 20.8. The number of nitrogen functional groups attached to an aromatic ring is 2. The fourth-order valence-electron chi connectivity index (χ4n) is 11.5. The van der Waals surface area contributed by atoms with Crippen LogP contribution in [0.25, 0.3) is 0 Å². The van der Waals surface area contributed by atoms with Gasteiger partial charge < -0.3 is 75.5 Å². The van der Waals surface area contributed by atoms with Gasteiger partial charge in [0, 0.05) is 13.2 Å². The summed E-state index contributed by atoms with van der Waals surface area (Å²) in [4.78, 5) is 139. The minimum atomic E-state index is -1.00. The first-order valence-electron chi connectivity index (χ1n) is 37.7. The number of aromatic nitrogens is 12. The van der Waals surface area contributed by atoms with Gasteiger partial charge >= 0.3 is 24.4 Å². The number of amides is 6. The summed E-state index contributed by atoms with van der Waals surface area (Å²) in [5, 5.41) is 28.0. The number of nitrogens with one attached hydrogen (secondary N) is 3. The van der Waals surface area contributed by atoms with Crippen LogP contribution >= 0.6 is 51.5 Å². The van der Waals surface area contributed by atoms with Crippen molar-refractivity contribution in [3.8, 4) is 28.7 Å². The Kier molecular flexibility index (Phi) is 37.7. The fourth-order valence-corrected chi connectivity index (χ4v) is 12.6. The maximum absolute atomic E-state index is 13.3. The van der Waals surface area contributed by atoms with Crippen LogP contribution in [0.4, 0.5) is 54.0 Å². The molecule has 7 aromatic rings. The summed E-state index contributed by atoms with van der Waals surface area (Å²) in [6, 6.07) is 2.97. The van der Waals surface area contributed by atoms with Gasteiger partial charge in [-0.2, -0.15) is 9.80 Å². The van der Waals surface area contributed by atoms with Gasteiger partial charge in [0.15, 0.2) is 57.8 Å². The lowest BCUT2D eigenvalue weighted by Gasteiger charge is -2.35. The molecule has 5 aliphatic rings. The standard InChI is InChI=1S/C19H22ClN5O3.C17H27N3O5.C14H21N3O5.C12H12BrClN2O2.C7H11N3O.C4H5N3O.C4H8O.CH4.ClH/c1-11(2)28-14-9-21-10-22-16(14)23-13-8-12(20)15-17(26)24-19(25(15)18(13)27)6-4-3-5-7-19;1-11(2)23-12-9-18-10-19-13(12)20(14(21)24-16(3,4)5)15(22)25-17(6,7)8;1-13(2,3)21-11(19)17(12(20)22-14(4,5)6)10-9(18)7-15-8-16-10;13-7-6-8(14)9-10(17)15-12(16(9)11(7)18)4-2-1-3-5-12;1-5(2)11-6-3-9-4-10-7(6)8;5-4-3(8)1-6-2-7-4;1-2-4-5-3-1;;/h8-11H,3-7H2,1-2H3,(H,24,26)(H,21,22,23);9-11H,1-8H3;7-8,18H,1-6H3;6H,1-5H2,(H,15,17);3-5H,1-2H3,(H2,8,9,10);1-2,8H,(H2,5,6,7);1-4H2;1H4;1H. The highest BCUT2D eigenvalue weighted by Gasteiger charge is 2.48. The van der Waals surface area contributed by atoms with E-state index in [4.69, 9.17) is 77.7 Å². The molecule has 41 heteroatoms. The number of hydrogen-bond donors (Lipinski definition) is 7. The zero-order chi connectivity index (χ0) is 87.1. The van der Waals surface area contributed by atoms with E-state index in [0.29, 0.717) is 56.1 Å². The lowest BCUT2D eigenvalue weighted by Crippen LogP contribution is -2.48. The van der Waals surface area contributed by atoms with Gasteiger partial charge in [0.25, 0.3) is 22.9 Å². The average molecular weight is 1790 g/mol. The van der Waals surface area contributed by atoms with E-state index in [9.17, 15) is 43.5 Å². The number of carbonyl (C=O) groups is 6. The maximum atomic E-state index is 13.3. The number of hydrogen-bond acceptors (Lipinski definition) is 31. The predicted octanol–water partition coefficient (Wildman–Crippen LogP) is 15.1. The molecule has 3 aliphatic heterocycles. The van der Waals surface area contributed by atoms with Crippen molar-refractivity contribution in [3.05, 3.63) is 121 Å². The third-order valence-corrected chi connectivity index (χ3v) is 17.1. The Morgan fingerprint density at radius 1 is 0.504 bits per heavy atom. The fraction of sp³-hybridized carbons (Fsp3) is 0.538. The molecule has 119 heavy (non-hydrogen) atoms. The Bertz CT molecular complexity index is 4610. The van der Waals surface area contributed by atoms with Gasteiger partial charge in [-0.15, -0.1) is 12.4 Å². The van der Waals surface area contributed by atoms with Crippen LogP contribution in [0.15, 0.2) is 88.8 Å². The molecule has 0 aromatic carbocycles. The molecule has 2 spiro atoms. The summed E-state index contributed by atoms with van der Waals surface area (Å²) >= 11 is 15.7. The van der Waals surface area contributed by atoms with Gasteiger partial charge in [0.2, 0.25) is 0 Å². The van der Waals surface area contributed by atoms with Crippen molar-refractivity contribution in [2.45, 2.75) is 261 Å². The Hall–Kier alpha value is -10.6. The normalized spacial score (nSPS) is 14.5. The van der Waals surface area contributed by atoms with Gasteiger partial charge in [0.05, 0.1) is 63.8 Å². The summed E-state index contributed by atoms with van der Waals surface area (Å²) in [6.45, 7) is 33.3. The molecule has 1 saturated heterocycles. The summed E-state index contributed by atoms with van der Waals surface area (Å²) < 4.78 is 46.0. The molecule has 6 amide bonds. The third-order valence-electron chi connectivity index (χ3n) is 15.9. The zero-order valence-corrected chi connectivity index (χ0v) is 73.4. The summed E-state index contributed by atoms with van der Waals surface area (Å²) in [5.41, 5.74) is 6.34. The molecule has 2 aliphatic carbocycles. The van der Waals surface area contributed by atoms with Gasteiger partial charge in [-0.3, -0.25) is 28.3 Å². The number of imide groups is 2. The zero-order valence-electron chi connectivity index (χ0n) is 69.4. The second-order valence-corrected chi connectivity index (χ2v) is 33.3. The highest BCUT2D eigenvalue weighted by Crippen LogP contribution is 2.41. The van der Waals surface area contributed by atoms with Gasteiger partial charge in [0.1, 0.15) is 82.4 Å². The van der Waals surface area contributed by atoms with Crippen molar-refractivity contribution >= 4 is 123 Å². The average Bonchev–Trinajstić information content (AvgIpc) is 1.59. The van der Waals surface area contributed by atoms with Crippen molar-refractivity contribution in [1.82, 2.24) is 69.6 Å². The van der Waals surface area contributed by atoms with Crippen LogP contribution < -0.4 is 62.5 Å².